The lowest BCUT2D eigenvalue weighted by atomic mass is 10.1. The zero-order chi connectivity index (χ0) is 11.7. The van der Waals surface area contributed by atoms with Crippen molar-refractivity contribution >= 4 is 5.97 Å². The SMILES string of the molecule is O=C(O)c1cc(F)c(-c2cnco2)c(F)c1. The van der Waals surface area contributed by atoms with Crippen LogP contribution in [0.1, 0.15) is 10.4 Å². The second-order valence-electron chi connectivity index (χ2n) is 2.99. The van der Waals surface area contributed by atoms with Gasteiger partial charge in [-0.25, -0.2) is 18.6 Å². The number of benzene rings is 1. The van der Waals surface area contributed by atoms with Crippen LogP contribution < -0.4 is 0 Å². The normalized spacial score (nSPS) is 10.4. The van der Waals surface area contributed by atoms with E-state index in [1.165, 1.54) is 0 Å². The first-order valence-electron chi connectivity index (χ1n) is 4.21. The molecule has 1 N–H and O–H groups in total. The summed E-state index contributed by atoms with van der Waals surface area (Å²) < 4.78 is 31.6. The average Bonchev–Trinajstić information content (AvgIpc) is 2.69. The topological polar surface area (TPSA) is 63.3 Å². The average molecular weight is 225 g/mol. The molecule has 0 aliphatic heterocycles. The minimum absolute atomic E-state index is 0.0908. The molecule has 0 aliphatic rings. The number of carboxylic acids is 1. The van der Waals surface area contributed by atoms with Crippen molar-refractivity contribution in [2.75, 3.05) is 0 Å². The van der Waals surface area contributed by atoms with Crippen molar-refractivity contribution in [1.29, 1.82) is 0 Å². The van der Waals surface area contributed by atoms with Crippen LogP contribution in [0.2, 0.25) is 0 Å². The lowest BCUT2D eigenvalue weighted by Gasteiger charge is -2.02. The summed E-state index contributed by atoms with van der Waals surface area (Å²) in [6.45, 7) is 0. The van der Waals surface area contributed by atoms with E-state index in [1.807, 2.05) is 0 Å². The van der Waals surface area contributed by atoms with E-state index in [4.69, 9.17) is 9.52 Å². The number of aromatic carboxylic acids is 1. The molecular formula is C10H5F2NO3. The monoisotopic (exact) mass is 225 g/mol. The first-order chi connectivity index (χ1) is 7.59. The third kappa shape index (κ3) is 1.65. The molecule has 0 unspecified atom stereocenters. The molecule has 0 atom stereocenters. The van der Waals surface area contributed by atoms with Crippen LogP contribution in [-0.2, 0) is 0 Å². The van der Waals surface area contributed by atoms with Crippen LogP contribution >= 0.6 is 0 Å². The van der Waals surface area contributed by atoms with Gasteiger partial charge in [0, 0.05) is 0 Å². The van der Waals surface area contributed by atoms with E-state index >= 15 is 0 Å². The number of halogens is 2. The molecule has 0 radical (unpaired) electrons. The Morgan fingerprint density at radius 3 is 2.38 bits per heavy atom. The second kappa shape index (κ2) is 3.73. The van der Waals surface area contributed by atoms with Gasteiger partial charge in [-0.2, -0.15) is 0 Å². The molecule has 2 rings (SSSR count). The van der Waals surface area contributed by atoms with E-state index in [1.54, 1.807) is 0 Å². The van der Waals surface area contributed by atoms with E-state index < -0.39 is 28.7 Å². The largest absolute Gasteiger partial charge is 0.478 e. The summed E-state index contributed by atoms with van der Waals surface area (Å²) in [7, 11) is 0. The van der Waals surface area contributed by atoms with E-state index in [2.05, 4.69) is 4.98 Å². The molecule has 16 heavy (non-hydrogen) atoms. The van der Waals surface area contributed by atoms with Crippen LogP contribution in [0.4, 0.5) is 8.78 Å². The van der Waals surface area contributed by atoms with Gasteiger partial charge in [-0.15, -0.1) is 0 Å². The molecular weight excluding hydrogens is 220 g/mol. The molecule has 0 saturated carbocycles. The summed E-state index contributed by atoms with van der Waals surface area (Å²) in [5.74, 6) is -3.50. The molecule has 6 heteroatoms. The first kappa shape index (κ1) is 10.3. The zero-order valence-electron chi connectivity index (χ0n) is 7.78. The molecule has 82 valence electrons. The number of carboxylic acid groups (broad SMARTS) is 1. The third-order valence-corrected chi connectivity index (χ3v) is 1.97. The Morgan fingerprint density at radius 2 is 1.94 bits per heavy atom. The molecule has 0 saturated heterocycles. The van der Waals surface area contributed by atoms with E-state index in [-0.39, 0.29) is 5.76 Å². The fraction of sp³-hybridized carbons (Fsp3) is 0. The van der Waals surface area contributed by atoms with Gasteiger partial charge in [-0.1, -0.05) is 0 Å². The Hall–Kier alpha value is -2.24. The molecule has 0 aliphatic carbocycles. The fourth-order valence-electron chi connectivity index (χ4n) is 1.27. The van der Waals surface area contributed by atoms with Gasteiger partial charge in [-0.05, 0) is 12.1 Å². The first-order valence-corrected chi connectivity index (χ1v) is 4.21. The lowest BCUT2D eigenvalue weighted by molar-refractivity contribution is 0.0695. The summed E-state index contributed by atoms with van der Waals surface area (Å²) in [6, 6.07) is 1.45. The molecule has 0 amide bonds. The summed E-state index contributed by atoms with van der Waals surface area (Å²) >= 11 is 0. The summed E-state index contributed by atoms with van der Waals surface area (Å²) in [6.07, 6.45) is 2.17. The predicted octanol–water partition coefficient (Wildman–Crippen LogP) is 2.32. The molecule has 4 nitrogen and oxygen atoms in total. The van der Waals surface area contributed by atoms with Crippen LogP contribution in [0, 0.1) is 11.6 Å². The van der Waals surface area contributed by atoms with Gasteiger partial charge in [-0.3, -0.25) is 0 Å². The van der Waals surface area contributed by atoms with Gasteiger partial charge in [0.15, 0.2) is 12.2 Å². The maximum Gasteiger partial charge on any atom is 0.335 e. The highest BCUT2D eigenvalue weighted by molar-refractivity contribution is 5.88. The van der Waals surface area contributed by atoms with Gasteiger partial charge in [0.05, 0.1) is 17.3 Å². The third-order valence-electron chi connectivity index (χ3n) is 1.97. The molecule has 1 heterocycles. The Morgan fingerprint density at radius 1 is 1.31 bits per heavy atom. The zero-order valence-corrected chi connectivity index (χ0v) is 7.78. The maximum absolute atomic E-state index is 13.4. The minimum Gasteiger partial charge on any atom is -0.478 e. The number of aromatic nitrogens is 1. The van der Waals surface area contributed by atoms with Gasteiger partial charge in [0.2, 0.25) is 0 Å². The van der Waals surface area contributed by atoms with Crippen LogP contribution in [-0.4, -0.2) is 16.1 Å². The van der Waals surface area contributed by atoms with Crippen LogP contribution in [0.15, 0.2) is 29.1 Å². The number of rotatable bonds is 2. The van der Waals surface area contributed by atoms with Crippen molar-refractivity contribution in [3.05, 3.63) is 41.9 Å². The number of oxazole rings is 1. The maximum atomic E-state index is 13.4. The van der Waals surface area contributed by atoms with Gasteiger partial charge in [0.1, 0.15) is 11.6 Å². The van der Waals surface area contributed by atoms with Gasteiger partial charge < -0.3 is 9.52 Å². The lowest BCUT2D eigenvalue weighted by Crippen LogP contribution is -2.00. The fourth-order valence-corrected chi connectivity index (χ4v) is 1.27. The summed E-state index contributed by atoms with van der Waals surface area (Å²) in [5, 5.41) is 8.59. The highest BCUT2D eigenvalue weighted by Crippen LogP contribution is 2.26. The second-order valence-corrected chi connectivity index (χ2v) is 2.99. The Labute approximate surface area is 88.2 Å². The molecule has 1 aromatic carbocycles. The van der Waals surface area contributed by atoms with Crippen molar-refractivity contribution in [2.24, 2.45) is 0 Å². The van der Waals surface area contributed by atoms with Gasteiger partial charge >= 0.3 is 5.97 Å². The van der Waals surface area contributed by atoms with Crippen LogP contribution in [0.3, 0.4) is 0 Å². The molecule has 0 fully saturated rings. The molecule has 0 bridgehead atoms. The van der Waals surface area contributed by atoms with Crippen molar-refractivity contribution < 1.29 is 23.1 Å². The van der Waals surface area contributed by atoms with E-state index in [0.717, 1.165) is 24.7 Å². The highest BCUT2D eigenvalue weighted by atomic mass is 19.1. The predicted molar refractivity (Wildman–Crippen MR) is 48.8 cm³/mol. The van der Waals surface area contributed by atoms with Crippen LogP contribution in [0.25, 0.3) is 11.3 Å². The minimum atomic E-state index is -1.40. The molecule has 1 aromatic heterocycles. The van der Waals surface area contributed by atoms with Crippen LogP contribution in [0.5, 0.6) is 0 Å². The molecule has 0 spiro atoms. The Bertz CT molecular complexity index is 514. The summed E-state index contributed by atoms with van der Waals surface area (Å²) in [5.41, 5.74) is -0.888. The van der Waals surface area contributed by atoms with Gasteiger partial charge in [0.25, 0.3) is 0 Å². The number of hydrogen-bond donors (Lipinski definition) is 1. The van der Waals surface area contributed by atoms with Crippen molar-refractivity contribution in [3.8, 4) is 11.3 Å². The Kier molecular flexibility index (Phi) is 2.40. The van der Waals surface area contributed by atoms with Crippen molar-refractivity contribution in [2.45, 2.75) is 0 Å². The number of nitrogens with zero attached hydrogens (tertiary/aromatic N) is 1. The van der Waals surface area contributed by atoms with E-state index in [9.17, 15) is 13.6 Å². The van der Waals surface area contributed by atoms with Crippen molar-refractivity contribution in [1.82, 2.24) is 4.98 Å². The standard InChI is InChI=1S/C10H5F2NO3/c11-6-1-5(10(14)15)2-7(12)9(6)8-3-13-4-16-8/h1-4H,(H,14,15). The smallest absolute Gasteiger partial charge is 0.335 e. The quantitative estimate of drug-likeness (QED) is 0.851. The molecule has 2 aromatic rings. The summed E-state index contributed by atoms with van der Waals surface area (Å²) in [4.78, 5) is 14.1. The number of hydrogen-bond acceptors (Lipinski definition) is 3. The van der Waals surface area contributed by atoms with E-state index in [0.29, 0.717) is 0 Å². The number of carbonyl (C=O) groups is 1. The Balaban J connectivity index is 2.61. The van der Waals surface area contributed by atoms with Crippen molar-refractivity contribution in [3.63, 3.8) is 0 Å². The highest BCUT2D eigenvalue weighted by Gasteiger charge is 2.18.